The van der Waals surface area contributed by atoms with Gasteiger partial charge in [-0.2, -0.15) is 0 Å². The normalized spacial score (nSPS) is 16.1. The molecule has 4 rings (SSSR count). The summed E-state index contributed by atoms with van der Waals surface area (Å²) < 4.78 is 5.12. The zero-order valence-electron chi connectivity index (χ0n) is 17.8. The number of benzene rings is 1. The summed E-state index contributed by atoms with van der Waals surface area (Å²) in [4.78, 5) is 52.1. The van der Waals surface area contributed by atoms with Gasteiger partial charge in [-0.15, -0.1) is 11.3 Å². The molecule has 0 atom stereocenters. The van der Waals surface area contributed by atoms with Crippen LogP contribution in [0.5, 0.6) is 0 Å². The second-order valence-electron chi connectivity index (χ2n) is 7.85. The highest BCUT2D eigenvalue weighted by Gasteiger charge is 2.35. The first-order valence-electron chi connectivity index (χ1n) is 10.8. The van der Waals surface area contributed by atoms with Crippen LogP contribution in [0.4, 0.5) is 9.80 Å². The maximum atomic E-state index is 12.7. The number of thiophene rings is 1. The van der Waals surface area contributed by atoms with Crippen molar-refractivity contribution < 1.29 is 23.9 Å². The molecule has 0 bridgehead atoms. The van der Waals surface area contributed by atoms with Gasteiger partial charge in [0.25, 0.3) is 11.8 Å². The number of anilines is 1. The summed E-state index contributed by atoms with van der Waals surface area (Å²) in [5.74, 6) is -1.31. The van der Waals surface area contributed by atoms with E-state index in [0.29, 0.717) is 21.0 Å². The Hall–Kier alpha value is -3.20. The van der Waals surface area contributed by atoms with E-state index in [1.165, 1.54) is 6.42 Å². The molecule has 1 aliphatic heterocycles. The number of amides is 4. The largest absolute Gasteiger partial charge is 0.462 e. The summed E-state index contributed by atoms with van der Waals surface area (Å²) in [6.07, 6.45) is 5.23. The van der Waals surface area contributed by atoms with Gasteiger partial charge in [0.15, 0.2) is 0 Å². The van der Waals surface area contributed by atoms with Gasteiger partial charge >= 0.3 is 12.0 Å². The lowest BCUT2D eigenvalue weighted by molar-refractivity contribution is 0.0527. The predicted octanol–water partition coefficient (Wildman–Crippen LogP) is 4.18. The molecule has 2 aliphatic rings. The molecule has 2 heterocycles. The minimum absolute atomic E-state index is 0.00927. The van der Waals surface area contributed by atoms with Gasteiger partial charge < -0.3 is 10.1 Å². The van der Waals surface area contributed by atoms with E-state index >= 15 is 0 Å². The number of hydrogen-bond donors (Lipinski definition) is 2. The monoisotopic (exact) mass is 455 g/mol. The quantitative estimate of drug-likeness (QED) is 0.502. The molecule has 1 aromatic heterocycles. The Morgan fingerprint density at radius 2 is 1.75 bits per heavy atom. The lowest BCUT2D eigenvalue weighted by Crippen LogP contribution is -2.39. The minimum Gasteiger partial charge on any atom is -0.462 e. The average Bonchev–Trinajstić information content (AvgIpc) is 3.29. The second kappa shape index (κ2) is 9.52. The van der Waals surface area contributed by atoms with Crippen molar-refractivity contribution in [2.45, 2.75) is 51.6 Å². The van der Waals surface area contributed by atoms with Crippen molar-refractivity contribution in [1.82, 2.24) is 10.2 Å². The van der Waals surface area contributed by atoms with Crippen LogP contribution in [-0.2, 0) is 11.3 Å². The molecule has 1 aromatic carbocycles. The molecule has 168 valence electrons. The van der Waals surface area contributed by atoms with Crippen LogP contribution in [-0.4, -0.2) is 41.4 Å². The van der Waals surface area contributed by atoms with Crippen molar-refractivity contribution in [1.29, 1.82) is 0 Å². The number of nitrogens with zero attached hydrogens (tertiary/aromatic N) is 1. The number of fused-ring (bicyclic) bond motifs is 1. The number of rotatable bonds is 6. The van der Waals surface area contributed by atoms with E-state index in [1.807, 2.05) is 0 Å². The van der Waals surface area contributed by atoms with E-state index in [-0.39, 0.29) is 42.6 Å². The summed E-state index contributed by atoms with van der Waals surface area (Å²) in [5.41, 5.74) is 0.942. The van der Waals surface area contributed by atoms with Gasteiger partial charge in [-0.05, 0) is 38.0 Å². The molecule has 9 heteroatoms. The maximum absolute atomic E-state index is 12.7. The van der Waals surface area contributed by atoms with E-state index in [9.17, 15) is 19.2 Å². The first-order chi connectivity index (χ1) is 15.5. The fraction of sp³-hybridized carbons (Fsp3) is 0.391. The topological polar surface area (TPSA) is 105 Å². The molecule has 0 saturated heterocycles. The Morgan fingerprint density at radius 3 is 2.38 bits per heavy atom. The minimum atomic E-state index is -0.565. The molecular weight excluding hydrogens is 430 g/mol. The maximum Gasteiger partial charge on any atom is 0.341 e. The summed E-state index contributed by atoms with van der Waals surface area (Å²) >= 11 is 1.15. The van der Waals surface area contributed by atoms with E-state index < -0.39 is 5.97 Å². The molecule has 8 nitrogen and oxygen atoms in total. The fourth-order valence-corrected chi connectivity index (χ4v) is 5.11. The van der Waals surface area contributed by atoms with E-state index in [2.05, 4.69) is 10.6 Å². The zero-order valence-corrected chi connectivity index (χ0v) is 18.6. The number of urea groups is 1. The first-order valence-corrected chi connectivity index (χ1v) is 11.6. The van der Waals surface area contributed by atoms with Crippen LogP contribution >= 0.6 is 11.3 Å². The van der Waals surface area contributed by atoms with Crippen LogP contribution < -0.4 is 10.6 Å². The first kappa shape index (κ1) is 22.0. The number of imide groups is 1. The third-order valence-corrected chi connectivity index (χ3v) is 6.67. The number of ether oxygens (including phenoxy) is 1. The van der Waals surface area contributed by atoms with Crippen molar-refractivity contribution in [2.24, 2.45) is 0 Å². The lowest BCUT2D eigenvalue weighted by Gasteiger charge is -2.22. The molecule has 32 heavy (non-hydrogen) atoms. The van der Waals surface area contributed by atoms with Crippen molar-refractivity contribution in [3.8, 4) is 0 Å². The zero-order chi connectivity index (χ0) is 22.7. The molecule has 1 aliphatic carbocycles. The van der Waals surface area contributed by atoms with Crippen molar-refractivity contribution in [2.75, 3.05) is 11.9 Å². The van der Waals surface area contributed by atoms with Gasteiger partial charge in [-0.1, -0.05) is 31.4 Å². The molecule has 4 amide bonds. The molecule has 0 unspecified atom stereocenters. The van der Waals surface area contributed by atoms with E-state index in [1.54, 1.807) is 37.3 Å². The van der Waals surface area contributed by atoms with Crippen LogP contribution in [0.2, 0.25) is 0 Å². The van der Waals surface area contributed by atoms with Crippen LogP contribution in [0.25, 0.3) is 0 Å². The third kappa shape index (κ3) is 4.52. The molecule has 1 saturated carbocycles. The van der Waals surface area contributed by atoms with Crippen molar-refractivity contribution >= 4 is 40.2 Å². The molecule has 0 spiro atoms. The van der Waals surface area contributed by atoms with Gasteiger partial charge in [-0.25, -0.2) is 9.59 Å². The molecule has 2 aromatic rings. The van der Waals surface area contributed by atoms with Crippen LogP contribution in [0, 0.1) is 0 Å². The van der Waals surface area contributed by atoms with Crippen LogP contribution in [0.15, 0.2) is 30.3 Å². The average molecular weight is 456 g/mol. The number of esters is 1. The standard InChI is InChI=1S/C23H25N3O5S/c1-2-31-22(29)18-12-15(13-26-20(27)16-10-6-7-11-17(16)21(26)28)32-19(18)25-23(30)24-14-8-4-3-5-9-14/h6-7,10-12,14H,2-5,8-9,13H2,1H3,(H2,24,25,30). The molecule has 1 fully saturated rings. The van der Waals surface area contributed by atoms with Gasteiger partial charge in [0.2, 0.25) is 0 Å². The third-order valence-electron chi connectivity index (χ3n) is 5.64. The van der Waals surface area contributed by atoms with Crippen molar-refractivity contribution in [3.63, 3.8) is 0 Å². The smallest absolute Gasteiger partial charge is 0.341 e. The van der Waals surface area contributed by atoms with E-state index in [0.717, 1.165) is 41.9 Å². The molecule has 2 N–H and O–H groups in total. The number of carbonyl (C=O) groups is 4. The summed E-state index contributed by atoms with van der Waals surface area (Å²) in [7, 11) is 0. The number of hydrogen-bond acceptors (Lipinski definition) is 6. The molecule has 0 radical (unpaired) electrons. The Labute approximate surface area is 189 Å². The Kier molecular flexibility index (Phi) is 6.55. The Bertz CT molecular complexity index is 1020. The SMILES string of the molecule is CCOC(=O)c1cc(CN2C(=O)c3ccccc3C2=O)sc1NC(=O)NC1CCCCC1. The second-order valence-corrected chi connectivity index (χ2v) is 8.99. The highest BCUT2D eigenvalue weighted by molar-refractivity contribution is 7.16. The summed E-state index contributed by atoms with van der Waals surface area (Å²) in [5, 5.41) is 6.06. The molecular formula is C23H25N3O5S. The summed E-state index contributed by atoms with van der Waals surface area (Å²) in [6.45, 7) is 1.90. The Morgan fingerprint density at radius 1 is 1.09 bits per heavy atom. The van der Waals surface area contributed by atoms with E-state index in [4.69, 9.17) is 4.74 Å². The highest BCUT2D eigenvalue weighted by atomic mass is 32.1. The van der Waals surface area contributed by atoms with Crippen molar-refractivity contribution in [3.05, 3.63) is 51.9 Å². The number of nitrogens with one attached hydrogen (secondary N) is 2. The van der Waals surface area contributed by atoms with Gasteiger partial charge in [0, 0.05) is 10.9 Å². The van der Waals surface area contributed by atoms with Gasteiger partial charge in [0.1, 0.15) is 5.00 Å². The number of carbonyl (C=O) groups excluding carboxylic acids is 4. The van der Waals surface area contributed by atoms with Crippen LogP contribution in [0.3, 0.4) is 0 Å². The Balaban J connectivity index is 1.52. The fourth-order valence-electron chi connectivity index (χ4n) is 4.08. The van der Waals surface area contributed by atoms with Crippen LogP contribution in [0.1, 0.15) is 75.0 Å². The predicted molar refractivity (Wildman–Crippen MR) is 120 cm³/mol. The van der Waals surface area contributed by atoms with Gasteiger partial charge in [0.05, 0.1) is 29.8 Å². The summed E-state index contributed by atoms with van der Waals surface area (Å²) in [6, 6.07) is 7.98. The van der Waals surface area contributed by atoms with Gasteiger partial charge in [-0.3, -0.25) is 19.8 Å². The lowest BCUT2D eigenvalue weighted by atomic mass is 9.96. The highest BCUT2D eigenvalue weighted by Crippen LogP contribution is 2.32.